The number of benzene rings is 1. The van der Waals surface area contributed by atoms with Gasteiger partial charge < -0.3 is 4.98 Å². The molecule has 2 aromatic rings. The van der Waals surface area contributed by atoms with Crippen molar-refractivity contribution in [2.45, 2.75) is 0 Å². The zero-order chi connectivity index (χ0) is 9.97. The Kier molecular flexibility index (Phi) is 2.28. The van der Waals surface area contributed by atoms with Crippen LogP contribution in [0.5, 0.6) is 0 Å². The van der Waals surface area contributed by atoms with Gasteiger partial charge in [-0.15, -0.1) is 10.2 Å². The molecule has 0 atom stereocenters. The van der Waals surface area contributed by atoms with E-state index in [9.17, 15) is 4.79 Å². The Morgan fingerprint density at radius 1 is 1.36 bits per heavy atom. The first-order valence-corrected chi connectivity index (χ1v) is 4.32. The number of hydrogen-bond acceptors (Lipinski definition) is 3. The number of aromatic amines is 1. The number of rotatable bonds is 2. The van der Waals surface area contributed by atoms with E-state index in [1.165, 1.54) is 6.33 Å². The van der Waals surface area contributed by atoms with Crippen LogP contribution in [0, 0.1) is 0 Å². The number of halogens is 1. The van der Waals surface area contributed by atoms with Crippen LogP contribution in [0.3, 0.4) is 0 Å². The van der Waals surface area contributed by atoms with Crippen molar-refractivity contribution in [2.75, 3.05) is 0 Å². The zero-order valence-electron chi connectivity index (χ0n) is 7.07. The van der Waals surface area contributed by atoms with Gasteiger partial charge in [-0.1, -0.05) is 18.2 Å². The van der Waals surface area contributed by atoms with Crippen LogP contribution in [-0.4, -0.2) is 20.4 Å². The first-order chi connectivity index (χ1) is 6.79. The molecule has 4 nitrogen and oxygen atoms in total. The van der Waals surface area contributed by atoms with Gasteiger partial charge >= 0.3 is 0 Å². The third-order valence-electron chi connectivity index (χ3n) is 1.81. The van der Waals surface area contributed by atoms with Gasteiger partial charge in [0.1, 0.15) is 6.33 Å². The summed E-state index contributed by atoms with van der Waals surface area (Å²) in [6.45, 7) is 0. The summed E-state index contributed by atoms with van der Waals surface area (Å²) < 4.78 is 0. The predicted molar refractivity (Wildman–Crippen MR) is 52.0 cm³/mol. The maximum absolute atomic E-state index is 11.1. The van der Waals surface area contributed by atoms with Crippen LogP contribution < -0.4 is 0 Å². The number of H-pyrrole nitrogens is 1. The van der Waals surface area contributed by atoms with Crippen LogP contribution in [-0.2, 0) is 0 Å². The van der Waals surface area contributed by atoms with E-state index < -0.39 is 5.24 Å². The standard InChI is InChI=1S/C9H6ClN3O/c10-8(14)6-3-1-2-4-7(6)9-11-5-12-13-9/h1-5H,(H,11,12,13). The number of carbonyl (C=O) groups excluding carboxylic acids is 1. The first kappa shape index (κ1) is 8.90. The molecule has 2 rings (SSSR count). The Labute approximate surface area is 84.9 Å². The van der Waals surface area contributed by atoms with Gasteiger partial charge in [-0.25, -0.2) is 0 Å². The molecule has 14 heavy (non-hydrogen) atoms. The fraction of sp³-hybridized carbons (Fsp3) is 0. The average molecular weight is 208 g/mol. The molecule has 1 aromatic carbocycles. The molecule has 0 bridgehead atoms. The third kappa shape index (κ3) is 1.52. The topological polar surface area (TPSA) is 58.6 Å². The van der Waals surface area contributed by atoms with Crippen LogP contribution in [0.4, 0.5) is 0 Å². The maximum atomic E-state index is 11.1. The minimum absolute atomic E-state index is 0.422. The molecule has 70 valence electrons. The van der Waals surface area contributed by atoms with Crippen molar-refractivity contribution in [2.24, 2.45) is 0 Å². The second-order valence-electron chi connectivity index (χ2n) is 2.66. The van der Waals surface area contributed by atoms with Crippen molar-refractivity contribution in [3.05, 3.63) is 36.2 Å². The summed E-state index contributed by atoms with van der Waals surface area (Å²) in [7, 11) is 0. The molecular formula is C9H6ClN3O. The molecule has 1 heterocycles. The van der Waals surface area contributed by atoms with Gasteiger partial charge in [0.15, 0.2) is 5.82 Å². The summed E-state index contributed by atoms with van der Waals surface area (Å²) >= 11 is 5.42. The van der Waals surface area contributed by atoms with E-state index >= 15 is 0 Å². The Morgan fingerprint density at radius 2 is 2.14 bits per heavy atom. The summed E-state index contributed by atoms with van der Waals surface area (Å²) in [6, 6.07) is 6.96. The number of aromatic nitrogens is 3. The summed E-state index contributed by atoms with van der Waals surface area (Å²) in [5, 5.41) is 6.95. The van der Waals surface area contributed by atoms with E-state index in [1.807, 2.05) is 0 Å². The van der Waals surface area contributed by atoms with Crippen LogP contribution in [0.1, 0.15) is 10.4 Å². The van der Waals surface area contributed by atoms with E-state index in [0.717, 1.165) is 0 Å². The maximum Gasteiger partial charge on any atom is 0.253 e. The molecule has 1 N–H and O–H groups in total. The second-order valence-corrected chi connectivity index (χ2v) is 3.00. The van der Waals surface area contributed by atoms with E-state index in [2.05, 4.69) is 15.2 Å². The fourth-order valence-corrected chi connectivity index (χ4v) is 1.36. The molecule has 0 saturated heterocycles. The summed E-state index contributed by atoms with van der Waals surface area (Å²) in [6.07, 6.45) is 1.45. The number of nitrogens with one attached hydrogen (secondary N) is 1. The van der Waals surface area contributed by atoms with E-state index in [4.69, 9.17) is 11.6 Å². The third-order valence-corrected chi connectivity index (χ3v) is 2.01. The first-order valence-electron chi connectivity index (χ1n) is 3.94. The smallest absolute Gasteiger partial charge is 0.253 e. The van der Waals surface area contributed by atoms with Crippen molar-refractivity contribution < 1.29 is 4.79 Å². The fourth-order valence-electron chi connectivity index (χ4n) is 1.20. The van der Waals surface area contributed by atoms with Crippen LogP contribution in [0.15, 0.2) is 30.6 Å². The van der Waals surface area contributed by atoms with Gasteiger partial charge in [0.25, 0.3) is 5.24 Å². The summed E-state index contributed by atoms with van der Waals surface area (Å²) in [5.74, 6) is 0.537. The highest BCUT2D eigenvalue weighted by molar-refractivity contribution is 6.68. The molecule has 0 spiro atoms. The molecule has 0 saturated carbocycles. The lowest BCUT2D eigenvalue weighted by Gasteiger charge is -2.00. The monoisotopic (exact) mass is 207 g/mol. The van der Waals surface area contributed by atoms with Gasteiger partial charge in [0.2, 0.25) is 0 Å². The highest BCUT2D eigenvalue weighted by atomic mass is 35.5. The van der Waals surface area contributed by atoms with Crippen LogP contribution >= 0.6 is 11.6 Å². The minimum atomic E-state index is -0.503. The Bertz CT molecular complexity index is 453. The van der Waals surface area contributed by atoms with Crippen molar-refractivity contribution in [1.82, 2.24) is 15.2 Å². The summed E-state index contributed by atoms with van der Waals surface area (Å²) in [5.41, 5.74) is 1.08. The van der Waals surface area contributed by atoms with Crippen molar-refractivity contribution >= 4 is 16.8 Å². The molecule has 0 unspecified atom stereocenters. The van der Waals surface area contributed by atoms with Crippen molar-refractivity contribution in [3.8, 4) is 11.4 Å². The molecule has 0 fully saturated rings. The molecular weight excluding hydrogens is 202 g/mol. The molecule has 0 aliphatic carbocycles. The second kappa shape index (κ2) is 3.59. The highest BCUT2D eigenvalue weighted by Gasteiger charge is 2.11. The van der Waals surface area contributed by atoms with Gasteiger partial charge in [-0.3, -0.25) is 4.79 Å². The Hall–Kier alpha value is -1.68. The molecule has 0 radical (unpaired) electrons. The quantitative estimate of drug-likeness (QED) is 0.765. The SMILES string of the molecule is O=C(Cl)c1ccccc1-c1nnc[nH]1. The van der Waals surface area contributed by atoms with Gasteiger partial charge in [0.05, 0.1) is 0 Å². The average Bonchev–Trinajstić information content (AvgIpc) is 2.70. The number of nitrogens with zero attached hydrogens (tertiary/aromatic N) is 2. The minimum Gasteiger partial charge on any atom is -0.328 e. The van der Waals surface area contributed by atoms with Gasteiger partial charge in [-0.05, 0) is 17.7 Å². The predicted octanol–water partition coefficient (Wildman–Crippen LogP) is 1.85. The molecule has 0 aliphatic rings. The van der Waals surface area contributed by atoms with Gasteiger partial charge in [0, 0.05) is 11.1 Å². The summed E-state index contributed by atoms with van der Waals surface area (Å²) in [4.78, 5) is 13.9. The highest BCUT2D eigenvalue weighted by Crippen LogP contribution is 2.20. The van der Waals surface area contributed by atoms with E-state index in [1.54, 1.807) is 24.3 Å². The lowest BCUT2D eigenvalue weighted by Crippen LogP contribution is -1.94. The van der Waals surface area contributed by atoms with Gasteiger partial charge in [-0.2, -0.15) is 0 Å². The van der Waals surface area contributed by atoms with Crippen molar-refractivity contribution in [1.29, 1.82) is 0 Å². The van der Waals surface area contributed by atoms with E-state index in [-0.39, 0.29) is 0 Å². The van der Waals surface area contributed by atoms with Crippen LogP contribution in [0.2, 0.25) is 0 Å². The molecule has 5 heteroatoms. The lowest BCUT2D eigenvalue weighted by molar-refractivity contribution is 0.108. The molecule has 1 aromatic heterocycles. The zero-order valence-corrected chi connectivity index (χ0v) is 7.82. The molecule has 0 aliphatic heterocycles. The largest absolute Gasteiger partial charge is 0.328 e. The van der Waals surface area contributed by atoms with Crippen LogP contribution in [0.25, 0.3) is 11.4 Å². The normalized spacial score (nSPS) is 10.1. The molecule has 0 amide bonds. The lowest BCUT2D eigenvalue weighted by atomic mass is 10.1. The number of hydrogen-bond donors (Lipinski definition) is 1. The number of carbonyl (C=O) groups is 1. The Morgan fingerprint density at radius 3 is 2.79 bits per heavy atom. The van der Waals surface area contributed by atoms with Crippen molar-refractivity contribution in [3.63, 3.8) is 0 Å². The van der Waals surface area contributed by atoms with E-state index in [0.29, 0.717) is 17.0 Å². The Balaban J connectivity index is 2.58.